The van der Waals surface area contributed by atoms with Crippen molar-refractivity contribution in [2.75, 3.05) is 0 Å². The van der Waals surface area contributed by atoms with Crippen LogP contribution in [0, 0.1) is 0 Å². The van der Waals surface area contributed by atoms with Gasteiger partial charge in [-0.3, -0.25) is 0 Å². The Labute approximate surface area is 58.0 Å². The lowest BCUT2D eigenvalue weighted by Gasteiger charge is -1.93. The molecule has 1 N–H and O–H groups in total. The van der Waals surface area contributed by atoms with Crippen molar-refractivity contribution in [2.45, 2.75) is 13.5 Å². The van der Waals surface area contributed by atoms with E-state index in [4.69, 9.17) is 5.21 Å². The van der Waals surface area contributed by atoms with Crippen LogP contribution in [0.15, 0.2) is 11.5 Å². The molecular weight excluding hydrogens is 132 g/mol. The van der Waals surface area contributed by atoms with E-state index in [1.807, 2.05) is 6.92 Å². The molecule has 0 saturated heterocycles. The van der Waals surface area contributed by atoms with Crippen LogP contribution in [0.25, 0.3) is 0 Å². The van der Waals surface area contributed by atoms with Crippen LogP contribution in [0.5, 0.6) is 0 Å². The molecular formula is C5H8N4O. The Bertz CT molecular complexity index is 229. The van der Waals surface area contributed by atoms with Gasteiger partial charge in [0.15, 0.2) is 5.82 Å². The number of aromatic nitrogens is 3. The zero-order chi connectivity index (χ0) is 7.40. The molecule has 5 heteroatoms. The van der Waals surface area contributed by atoms with Gasteiger partial charge in [-0.2, -0.15) is 5.10 Å². The molecule has 0 amide bonds. The molecule has 54 valence electrons. The highest BCUT2D eigenvalue weighted by Crippen LogP contribution is 1.87. The van der Waals surface area contributed by atoms with Crippen LogP contribution in [-0.4, -0.2) is 26.2 Å². The van der Waals surface area contributed by atoms with Crippen molar-refractivity contribution in [3.05, 3.63) is 12.2 Å². The van der Waals surface area contributed by atoms with Crippen LogP contribution in [-0.2, 0) is 6.54 Å². The zero-order valence-corrected chi connectivity index (χ0v) is 5.60. The van der Waals surface area contributed by atoms with E-state index in [1.165, 1.54) is 12.5 Å². The highest BCUT2D eigenvalue weighted by Gasteiger charge is 1.96. The van der Waals surface area contributed by atoms with Gasteiger partial charge in [-0.15, -0.1) is 0 Å². The van der Waals surface area contributed by atoms with E-state index in [9.17, 15) is 0 Å². The highest BCUT2D eigenvalue weighted by molar-refractivity contribution is 5.73. The quantitative estimate of drug-likeness (QED) is 0.360. The molecule has 0 fully saturated rings. The molecule has 1 aromatic heterocycles. The molecule has 0 unspecified atom stereocenters. The summed E-state index contributed by atoms with van der Waals surface area (Å²) in [6, 6.07) is 0. The Morgan fingerprint density at radius 3 is 3.30 bits per heavy atom. The molecule has 1 aromatic rings. The molecule has 10 heavy (non-hydrogen) atoms. The van der Waals surface area contributed by atoms with Gasteiger partial charge in [-0.25, -0.2) is 9.67 Å². The summed E-state index contributed by atoms with van der Waals surface area (Å²) in [6.45, 7) is 2.66. The first kappa shape index (κ1) is 6.73. The fourth-order valence-electron chi connectivity index (χ4n) is 0.668. The lowest BCUT2D eigenvalue weighted by atomic mass is 10.6. The number of rotatable bonds is 2. The van der Waals surface area contributed by atoms with Gasteiger partial charge in [0.1, 0.15) is 12.5 Å². The topological polar surface area (TPSA) is 63.3 Å². The summed E-state index contributed by atoms with van der Waals surface area (Å²) in [5.74, 6) is 0.560. The van der Waals surface area contributed by atoms with Gasteiger partial charge in [0.2, 0.25) is 0 Å². The average Bonchev–Trinajstić information content (AvgIpc) is 2.36. The van der Waals surface area contributed by atoms with Crippen molar-refractivity contribution in [1.82, 2.24) is 14.8 Å². The number of hydrogen-bond acceptors (Lipinski definition) is 4. The maximum atomic E-state index is 8.15. The predicted octanol–water partition coefficient (Wildman–Crippen LogP) is 0.106. The van der Waals surface area contributed by atoms with Gasteiger partial charge in [-0.05, 0) is 6.92 Å². The minimum atomic E-state index is 0.560. The van der Waals surface area contributed by atoms with Crippen LogP contribution in [0.2, 0.25) is 0 Å². The molecule has 0 saturated carbocycles. The van der Waals surface area contributed by atoms with Gasteiger partial charge in [-0.1, -0.05) is 5.16 Å². The standard InChI is InChI=1S/C5H8N4O/c1-2-9-5(3-8-10)6-4-7-9/h3-4,10H,2H2,1H3/b8-3+. The molecule has 5 nitrogen and oxygen atoms in total. The zero-order valence-electron chi connectivity index (χ0n) is 5.60. The fourth-order valence-corrected chi connectivity index (χ4v) is 0.668. The predicted molar refractivity (Wildman–Crippen MR) is 35.1 cm³/mol. The molecule has 1 heterocycles. The normalized spacial score (nSPS) is 10.9. The van der Waals surface area contributed by atoms with E-state index in [1.54, 1.807) is 4.68 Å². The Morgan fingerprint density at radius 1 is 1.90 bits per heavy atom. The Balaban J connectivity index is 2.90. The first-order valence-electron chi connectivity index (χ1n) is 2.93. The summed E-state index contributed by atoms with van der Waals surface area (Å²) in [4.78, 5) is 3.82. The summed E-state index contributed by atoms with van der Waals surface area (Å²) < 4.78 is 1.62. The summed E-state index contributed by atoms with van der Waals surface area (Å²) >= 11 is 0. The second-order valence-electron chi connectivity index (χ2n) is 1.68. The summed E-state index contributed by atoms with van der Waals surface area (Å²) in [5, 5.41) is 14.8. The Hall–Kier alpha value is -1.39. The van der Waals surface area contributed by atoms with Crippen LogP contribution in [0.3, 0.4) is 0 Å². The van der Waals surface area contributed by atoms with E-state index < -0.39 is 0 Å². The summed E-state index contributed by atoms with van der Waals surface area (Å²) in [7, 11) is 0. The SMILES string of the molecule is CCn1ncnc1/C=N/O. The van der Waals surface area contributed by atoms with Crippen molar-refractivity contribution >= 4 is 6.21 Å². The molecule has 0 aliphatic carbocycles. The summed E-state index contributed by atoms with van der Waals surface area (Å²) in [5.41, 5.74) is 0. The van der Waals surface area contributed by atoms with E-state index >= 15 is 0 Å². The fraction of sp³-hybridized carbons (Fsp3) is 0.400. The Kier molecular flexibility index (Phi) is 1.99. The number of nitrogens with zero attached hydrogens (tertiary/aromatic N) is 4. The number of oxime groups is 1. The third-order valence-electron chi connectivity index (χ3n) is 1.12. The Morgan fingerprint density at radius 2 is 2.70 bits per heavy atom. The van der Waals surface area contributed by atoms with Crippen molar-refractivity contribution in [1.29, 1.82) is 0 Å². The maximum Gasteiger partial charge on any atom is 0.172 e. The second-order valence-corrected chi connectivity index (χ2v) is 1.68. The van der Waals surface area contributed by atoms with E-state index in [-0.39, 0.29) is 0 Å². The molecule has 0 aliphatic heterocycles. The first-order chi connectivity index (χ1) is 4.88. The number of hydrogen-bond donors (Lipinski definition) is 1. The molecule has 0 atom stereocenters. The van der Waals surface area contributed by atoms with Gasteiger partial charge in [0.25, 0.3) is 0 Å². The van der Waals surface area contributed by atoms with E-state index in [0.717, 1.165) is 6.54 Å². The average molecular weight is 140 g/mol. The molecule has 0 bridgehead atoms. The van der Waals surface area contributed by atoms with E-state index in [2.05, 4.69) is 15.2 Å². The van der Waals surface area contributed by atoms with Crippen LogP contribution >= 0.6 is 0 Å². The third-order valence-corrected chi connectivity index (χ3v) is 1.12. The molecule has 0 aliphatic rings. The van der Waals surface area contributed by atoms with Crippen LogP contribution in [0.1, 0.15) is 12.7 Å². The molecule has 0 aromatic carbocycles. The maximum absolute atomic E-state index is 8.15. The van der Waals surface area contributed by atoms with Crippen molar-refractivity contribution < 1.29 is 5.21 Å². The van der Waals surface area contributed by atoms with Gasteiger partial charge >= 0.3 is 0 Å². The minimum absolute atomic E-state index is 0.560. The van der Waals surface area contributed by atoms with Crippen molar-refractivity contribution in [3.63, 3.8) is 0 Å². The van der Waals surface area contributed by atoms with Gasteiger partial charge in [0.05, 0.1) is 0 Å². The van der Waals surface area contributed by atoms with Gasteiger partial charge < -0.3 is 5.21 Å². The largest absolute Gasteiger partial charge is 0.411 e. The second kappa shape index (κ2) is 2.95. The molecule has 1 rings (SSSR count). The highest BCUT2D eigenvalue weighted by atomic mass is 16.4. The molecule has 0 radical (unpaired) electrons. The van der Waals surface area contributed by atoms with Gasteiger partial charge in [0, 0.05) is 6.54 Å². The van der Waals surface area contributed by atoms with E-state index in [0.29, 0.717) is 5.82 Å². The monoisotopic (exact) mass is 140 g/mol. The van der Waals surface area contributed by atoms with Crippen LogP contribution < -0.4 is 0 Å². The third kappa shape index (κ3) is 1.12. The number of aryl methyl sites for hydroxylation is 1. The summed E-state index contributed by atoms with van der Waals surface area (Å²) in [6.07, 6.45) is 2.66. The lowest BCUT2D eigenvalue weighted by Crippen LogP contribution is -2.02. The smallest absolute Gasteiger partial charge is 0.172 e. The first-order valence-corrected chi connectivity index (χ1v) is 2.93. The van der Waals surface area contributed by atoms with Crippen LogP contribution in [0.4, 0.5) is 0 Å². The lowest BCUT2D eigenvalue weighted by molar-refractivity contribution is 0.321. The minimum Gasteiger partial charge on any atom is -0.411 e. The van der Waals surface area contributed by atoms with Crippen molar-refractivity contribution in [2.24, 2.45) is 5.16 Å². The van der Waals surface area contributed by atoms with Crippen molar-refractivity contribution in [3.8, 4) is 0 Å². The molecule has 0 spiro atoms.